The molecule has 1 aromatic rings. The minimum atomic E-state index is -3.56. The molecule has 0 atom stereocenters. The van der Waals surface area contributed by atoms with Gasteiger partial charge in [0.25, 0.3) is 10.0 Å². The van der Waals surface area contributed by atoms with Gasteiger partial charge in [-0.1, -0.05) is 32.1 Å². The minimum absolute atomic E-state index is 0.0341. The number of pyridine rings is 1. The van der Waals surface area contributed by atoms with Crippen LogP contribution in [0.2, 0.25) is 0 Å². The largest absolute Gasteiger partial charge is 0.383 e. The standard InChI is InChI=1S/C15H25N3O2S/c1-2-16-14-11-8-12-17-15(14)21(19,20)18-13-9-6-4-3-5-7-10-13/h8,11-13,16,18H,2-7,9-10H2,1H3. The average Bonchev–Trinajstić information content (AvgIpc) is 2.42. The van der Waals surface area contributed by atoms with Crippen molar-refractivity contribution in [3.05, 3.63) is 18.3 Å². The third-order valence-electron chi connectivity index (χ3n) is 3.82. The Hall–Kier alpha value is -1.14. The quantitative estimate of drug-likeness (QED) is 0.877. The lowest BCUT2D eigenvalue weighted by atomic mass is 9.97. The monoisotopic (exact) mass is 311 g/mol. The van der Waals surface area contributed by atoms with Gasteiger partial charge in [-0.25, -0.2) is 18.1 Å². The van der Waals surface area contributed by atoms with Crippen LogP contribution in [0.15, 0.2) is 23.4 Å². The van der Waals surface area contributed by atoms with Crippen molar-refractivity contribution in [3.8, 4) is 0 Å². The number of aromatic nitrogens is 1. The highest BCUT2D eigenvalue weighted by atomic mass is 32.2. The van der Waals surface area contributed by atoms with Crippen LogP contribution < -0.4 is 10.0 Å². The molecule has 1 aromatic heterocycles. The van der Waals surface area contributed by atoms with Crippen LogP contribution in [0.1, 0.15) is 51.9 Å². The van der Waals surface area contributed by atoms with E-state index in [0.29, 0.717) is 12.2 Å². The SMILES string of the molecule is CCNc1cccnc1S(=O)(=O)NC1CCCCCCC1. The molecule has 0 bridgehead atoms. The number of anilines is 1. The second-order valence-corrected chi connectivity index (χ2v) is 7.18. The number of nitrogens with one attached hydrogen (secondary N) is 2. The lowest BCUT2D eigenvalue weighted by Gasteiger charge is -2.21. The van der Waals surface area contributed by atoms with Crippen LogP contribution in [0.5, 0.6) is 0 Å². The van der Waals surface area contributed by atoms with E-state index in [1.165, 1.54) is 25.5 Å². The van der Waals surface area contributed by atoms with Crippen molar-refractivity contribution in [1.29, 1.82) is 0 Å². The normalized spacial score (nSPS) is 18.0. The van der Waals surface area contributed by atoms with Gasteiger partial charge < -0.3 is 5.32 Å². The van der Waals surface area contributed by atoms with E-state index >= 15 is 0 Å². The molecular weight excluding hydrogens is 286 g/mol. The van der Waals surface area contributed by atoms with Gasteiger partial charge >= 0.3 is 0 Å². The highest BCUT2D eigenvalue weighted by molar-refractivity contribution is 7.89. The van der Waals surface area contributed by atoms with E-state index in [2.05, 4.69) is 15.0 Å². The topological polar surface area (TPSA) is 71.1 Å². The van der Waals surface area contributed by atoms with Crippen LogP contribution in [0.4, 0.5) is 5.69 Å². The fourth-order valence-electron chi connectivity index (χ4n) is 2.78. The summed E-state index contributed by atoms with van der Waals surface area (Å²) in [7, 11) is -3.56. The first-order chi connectivity index (χ1) is 10.1. The summed E-state index contributed by atoms with van der Waals surface area (Å²) in [5.74, 6) is 0. The van der Waals surface area contributed by atoms with Crippen molar-refractivity contribution in [3.63, 3.8) is 0 Å². The van der Waals surface area contributed by atoms with Gasteiger partial charge in [0.1, 0.15) is 0 Å². The summed E-state index contributed by atoms with van der Waals surface area (Å²) >= 11 is 0. The average molecular weight is 311 g/mol. The van der Waals surface area contributed by atoms with E-state index in [-0.39, 0.29) is 11.1 Å². The molecule has 1 aliphatic rings. The molecular formula is C15H25N3O2S. The van der Waals surface area contributed by atoms with Crippen molar-refractivity contribution in [2.45, 2.75) is 62.9 Å². The molecule has 0 unspecified atom stereocenters. The van der Waals surface area contributed by atoms with Gasteiger partial charge in [0.15, 0.2) is 5.03 Å². The Labute approximate surface area is 127 Å². The Kier molecular flexibility index (Phi) is 5.99. The highest BCUT2D eigenvalue weighted by Crippen LogP contribution is 2.21. The third kappa shape index (κ3) is 4.68. The minimum Gasteiger partial charge on any atom is -0.383 e. The summed E-state index contributed by atoms with van der Waals surface area (Å²) in [4.78, 5) is 4.06. The van der Waals surface area contributed by atoms with Gasteiger partial charge in [-0.15, -0.1) is 0 Å². The molecule has 1 fully saturated rings. The molecule has 0 amide bonds. The Morgan fingerprint density at radius 2 is 1.86 bits per heavy atom. The van der Waals surface area contributed by atoms with E-state index in [0.717, 1.165) is 25.7 Å². The van der Waals surface area contributed by atoms with E-state index in [1.54, 1.807) is 12.1 Å². The third-order valence-corrected chi connectivity index (χ3v) is 5.30. The maximum atomic E-state index is 12.6. The summed E-state index contributed by atoms with van der Waals surface area (Å²) in [6.45, 7) is 2.60. The second-order valence-electron chi connectivity index (χ2n) is 5.55. The molecule has 21 heavy (non-hydrogen) atoms. The molecule has 2 rings (SSSR count). The van der Waals surface area contributed by atoms with Crippen LogP contribution in [0.3, 0.4) is 0 Å². The smallest absolute Gasteiger partial charge is 0.260 e. The molecule has 0 radical (unpaired) electrons. The molecule has 118 valence electrons. The van der Waals surface area contributed by atoms with E-state index in [4.69, 9.17) is 0 Å². The van der Waals surface area contributed by atoms with Crippen molar-refractivity contribution in [2.75, 3.05) is 11.9 Å². The summed E-state index contributed by atoms with van der Waals surface area (Å²) in [6.07, 6.45) is 9.21. The first-order valence-corrected chi connectivity index (χ1v) is 9.33. The Balaban J connectivity index is 2.13. The molecule has 2 N–H and O–H groups in total. The summed E-state index contributed by atoms with van der Waals surface area (Å²) in [5.41, 5.74) is 0.568. The summed E-state index contributed by atoms with van der Waals surface area (Å²) in [5, 5.41) is 3.17. The molecule has 5 nitrogen and oxygen atoms in total. The van der Waals surface area contributed by atoms with Crippen molar-refractivity contribution in [2.24, 2.45) is 0 Å². The molecule has 0 saturated heterocycles. The molecule has 0 spiro atoms. The number of hydrogen-bond acceptors (Lipinski definition) is 4. The molecule has 1 saturated carbocycles. The fraction of sp³-hybridized carbons (Fsp3) is 0.667. The van der Waals surface area contributed by atoms with Gasteiger partial charge in [0.2, 0.25) is 0 Å². The Morgan fingerprint density at radius 3 is 2.52 bits per heavy atom. The molecule has 1 aliphatic carbocycles. The van der Waals surface area contributed by atoms with Crippen molar-refractivity contribution < 1.29 is 8.42 Å². The molecule has 6 heteroatoms. The predicted octanol–water partition coefficient (Wildman–Crippen LogP) is 2.90. The Bertz CT molecular complexity index is 538. The van der Waals surface area contributed by atoms with E-state index in [1.807, 2.05) is 6.92 Å². The number of rotatable bonds is 5. The number of sulfonamides is 1. The van der Waals surface area contributed by atoms with E-state index < -0.39 is 10.0 Å². The zero-order valence-electron chi connectivity index (χ0n) is 12.6. The van der Waals surface area contributed by atoms with Crippen LogP contribution in [0.25, 0.3) is 0 Å². The van der Waals surface area contributed by atoms with Gasteiger partial charge in [-0.2, -0.15) is 0 Å². The lowest BCUT2D eigenvalue weighted by molar-refractivity contribution is 0.426. The Morgan fingerprint density at radius 1 is 1.19 bits per heavy atom. The summed E-state index contributed by atoms with van der Waals surface area (Å²) < 4.78 is 28.0. The van der Waals surface area contributed by atoms with Crippen LogP contribution in [-0.4, -0.2) is 26.0 Å². The zero-order chi connectivity index (χ0) is 15.1. The number of hydrogen-bond donors (Lipinski definition) is 2. The maximum absolute atomic E-state index is 12.6. The van der Waals surface area contributed by atoms with Gasteiger partial charge in [0.05, 0.1) is 5.69 Å². The second kappa shape index (κ2) is 7.75. The molecule has 0 aliphatic heterocycles. The van der Waals surface area contributed by atoms with Crippen LogP contribution in [-0.2, 0) is 10.0 Å². The van der Waals surface area contributed by atoms with Crippen molar-refractivity contribution in [1.82, 2.24) is 9.71 Å². The fourth-order valence-corrected chi connectivity index (χ4v) is 4.19. The van der Waals surface area contributed by atoms with Gasteiger partial charge in [-0.3, -0.25) is 0 Å². The van der Waals surface area contributed by atoms with Gasteiger partial charge in [0, 0.05) is 18.8 Å². The maximum Gasteiger partial charge on any atom is 0.260 e. The summed E-state index contributed by atoms with van der Waals surface area (Å²) in [6, 6.07) is 3.53. The predicted molar refractivity (Wildman–Crippen MR) is 84.8 cm³/mol. The first kappa shape index (κ1) is 16.2. The first-order valence-electron chi connectivity index (χ1n) is 7.84. The van der Waals surface area contributed by atoms with Crippen molar-refractivity contribution >= 4 is 15.7 Å². The molecule has 0 aromatic carbocycles. The zero-order valence-corrected chi connectivity index (χ0v) is 13.5. The van der Waals surface area contributed by atoms with E-state index in [9.17, 15) is 8.42 Å². The van der Waals surface area contributed by atoms with Gasteiger partial charge in [-0.05, 0) is 31.9 Å². The highest BCUT2D eigenvalue weighted by Gasteiger charge is 2.24. The lowest BCUT2D eigenvalue weighted by Crippen LogP contribution is -2.36. The molecule has 1 heterocycles. The van der Waals surface area contributed by atoms with Crippen LogP contribution >= 0.6 is 0 Å². The number of nitrogens with zero attached hydrogens (tertiary/aromatic N) is 1. The van der Waals surface area contributed by atoms with Crippen LogP contribution in [0, 0.1) is 0 Å².